The van der Waals surface area contributed by atoms with Crippen molar-refractivity contribution in [2.45, 2.75) is 101 Å². The molecular weight excluding hydrogens is 383 g/mol. The van der Waals surface area contributed by atoms with Crippen LogP contribution in [0.3, 0.4) is 0 Å². The molecule has 2 heterocycles. The molecule has 0 bridgehead atoms. The van der Waals surface area contributed by atoms with Gasteiger partial charge in [0.2, 0.25) is 11.8 Å². The van der Waals surface area contributed by atoms with Gasteiger partial charge in [0, 0.05) is 43.2 Å². The van der Waals surface area contributed by atoms with Gasteiger partial charge in [-0.1, -0.05) is 6.92 Å². The average molecular weight is 421 g/mol. The molecule has 0 spiro atoms. The molecule has 6 nitrogen and oxygen atoms in total. The maximum atomic E-state index is 14.4. The molecular formula is C23H37FN4O2. The molecule has 0 aromatic heterocycles. The van der Waals surface area contributed by atoms with Gasteiger partial charge in [-0.15, -0.1) is 0 Å². The fourth-order valence-corrected chi connectivity index (χ4v) is 6.52. The zero-order valence-corrected chi connectivity index (χ0v) is 18.2. The molecule has 7 unspecified atom stereocenters. The third kappa shape index (κ3) is 4.12. The maximum absolute atomic E-state index is 14.4. The van der Waals surface area contributed by atoms with E-state index >= 15 is 0 Å². The van der Waals surface area contributed by atoms with Crippen molar-refractivity contribution in [3.63, 3.8) is 0 Å². The molecule has 2 aliphatic heterocycles. The summed E-state index contributed by atoms with van der Waals surface area (Å²) < 4.78 is 14.4. The van der Waals surface area contributed by atoms with E-state index in [0.29, 0.717) is 37.4 Å². The predicted octanol–water partition coefficient (Wildman–Crippen LogP) is 1.84. The lowest BCUT2D eigenvalue weighted by atomic mass is 9.77. The fraction of sp³-hybridized carbons (Fsp3) is 0.913. The van der Waals surface area contributed by atoms with Gasteiger partial charge < -0.3 is 15.5 Å². The number of piperazine rings is 1. The van der Waals surface area contributed by atoms with Crippen LogP contribution in [0.2, 0.25) is 0 Å². The fourth-order valence-electron chi connectivity index (χ4n) is 6.52. The van der Waals surface area contributed by atoms with Crippen molar-refractivity contribution in [2.24, 2.45) is 11.8 Å². The molecule has 30 heavy (non-hydrogen) atoms. The highest BCUT2D eigenvalue weighted by atomic mass is 19.1. The van der Waals surface area contributed by atoms with Crippen LogP contribution in [0.15, 0.2) is 0 Å². The van der Waals surface area contributed by atoms with E-state index in [-0.39, 0.29) is 35.9 Å². The minimum Gasteiger partial charge on any atom is -0.352 e. The number of carbonyl (C=O) groups excluding carboxylic acids is 2. The number of fused-ring (bicyclic) bond motifs is 1. The Bertz CT molecular complexity index is 654. The van der Waals surface area contributed by atoms with Crippen LogP contribution in [0.5, 0.6) is 0 Å². The van der Waals surface area contributed by atoms with Gasteiger partial charge in [-0.25, -0.2) is 4.39 Å². The summed E-state index contributed by atoms with van der Waals surface area (Å²) in [5, 5.41) is 6.72. The van der Waals surface area contributed by atoms with Crippen molar-refractivity contribution in [2.75, 3.05) is 19.6 Å². The summed E-state index contributed by atoms with van der Waals surface area (Å²) >= 11 is 0. The molecule has 3 aliphatic carbocycles. The maximum Gasteiger partial charge on any atom is 0.237 e. The third-order valence-corrected chi connectivity index (χ3v) is 8.44. The first-order valence-corrected chi connectivity index (χ1v) is 12.2. The summed E-state index contributed by atoms with van der Waals surface area (Å²) in [6.07, 6.45) is 7.83. The Morgan fingerprint density at radius 2 is 1.90 bits per heavy atom. The lowest BCUT2D eigenvalue weighted by Crippen LogP contribution is -2.56. The summed E-state index contributed by atoms with van der Waals surface area (Å²) in [5.74, 6) is 0.745. The second-order valence-electron chi connectivity index (χ2n) is 10.5. The molecule has 7 atom stereocenters. The van der Waals surface area contributed by atoms with Crippen molar-refractivity contribution in [1.82, 2.24) is 20.4 Å². The van der Waals surface area contributed by atoms with E-state index in [1.165, 1.54) is 12.8 Å². The highest BCUT2D eigenvalue weighted by molar-refractivity contribution is 5.82. The molecule has 2 amide bonds. The number of hydrogen-bond acceptors (Lipinski definition) is 4. The number of amides is 2. The monoisotopic (exact) mass is 420 g/mol. The van der Waals surface area contributed by atoms with Crippen molar-refractivity contribution in [3.05, 3.63) is 0 Å². The Labute approximate surface area is 179 Å². The average Bonchev–Trinajstić information content (AvgIpc) is 3.47. The first kappa shape index (κ1) is 20.7. The molecule has 0 aromatic rings. The normalized spacial score (nSPS) is 42.8. The summed E-state index contributed by atoms with van der Waals surface area (Å²) in [4.78, 5) is 29.9. The van der Waals surface area contributed by atoms with Gasteiger partial charge in [-0.05, 0) is 63.7 Å². The summed E-state index contributed by atoms with van der Waals surface area (Å²) in [7, 11) is 0. The standard InChI is InChI=1S/C23H37FN4O2/c1-14-5-8-19(24)18-12-20(26-22(14)18)23(30)25-15-3-2-4-17(11-15)27-9-10-28(16-6-7-16)21(29)13-27/h14-20,22,26H,2-13H2,1H3,(H,25,30). The van der Waals surface area contributed by atoms with Gasteiger partial charge >= 0.3 is 0 Å². The molecule has 5 fully saturated rings. The van der Waals surface area contributed by atoms with E-state index in [0.717, 1.165) is 45.2 Å². The Morgan fingerprint density at radius 3 is 2.63 bits per heavy atom. The van der Waals surface area contributed by atoms with E-state index < -0.39 is 6.17 Å². The van der Waals surface area contributed by atoms with Gasteiger partial charge in [-0.3, -0.25) is 14.5 Å². The number of carbonyl (C=O) groups is 2. The zero-order chi connectivity index (χ0) is 20.8. The van der Waals surface area contributed by atoms with Crippen LogP contribution in [0.4, 0.5) is 4.39 Å². The topological polar surface area (TPSA) is 64.7 Å². The number of alkyl halides is 1. The zero-order valence-electron chi connectivity index (χ0n) is 18.2. The second kappa shape index (κ2) is 8.38. The van der Waals surface area contributed by atoms with Crippen LogP contribution in [0.25, 0.3) is 0 Å². The highest BCUT2D eigenvalue weighted by Gasteiger charge is 2.46. The van der Waals surface area contributed by atoms with E-state index in [1.807, 2.05) is 0 Å². The summed E-state index contributed by atoms with van der Waals surface area (Å²) in [5.41, 5.74) is 0. The van der Waals surface area contributed by atoms with Crippen molar-refractivity contribution < 1.29 is 14.0 Å². The molecule has 5 aliphatic rings. The highest BCUT2D eigenvalue weighted by Crippen LogP contribution is 2.38. The minimum absolute atomic E-state index is 0.0163. The largest absolute Gasteiger partial charge is 0.352 e. The predicted molar refractivity (Wildman–Crippen MR) is 113 cm³/mol. The second-order valence-corrected chi connectivity index (χ2v) is 10.5. The summed E-state index contributed by atoms with van der Waals surface area (Å²) in [6.45, 7) is 4.52. The van der Waals surface area contributed by atoms with Crippen LogP contribution in [0.1, 0.15) is 64.7 Å². The van der Waals surface area contributed by atoms with Crippen LogP contribution in [-0.2, 0) is 9.59 Å². The number of nitrogens with one attached hydrogen (secondary N) is 2. The van der Waals surface area contributed by atoms with Gasteiger partial charge in [0.1, 0.15) is 6.17 Å². The van der Waals surface area contributed by atoms with Gasteiger partial charge in [-0.2, -0.15) is 0 Å². The third-order valence-electron chi connectivity index (χ3n) is 8.44. The molecule has 2 saturated heterocycles. The van der Waals surface area contributed by atoms with Gasteiger partial charge in [0.15, 0.2) is 0 Å². The number of hydrogen-bond donors (Lipinski definition) is 2. The smallest absolute Gasteiger partial charge is 0.237 e. The SMILES string of the molecule is CC1CCC(F)C2CC(C(=O)NC3CCCC(N4CCN(C5CC5)C(=O)C4)C3)NC12. The minimum atomic E-state index is -0.776. The van der Waals surface area contributed by atoms with Crippen LogP contribution < -0.4 is 10.6 Å². The summed E-state index contributed by atoms with van der Waals surface area (Å²) in [6, 6.07) is 0.923. The van der Waals surface area contributed by atoms with Crippen LogP contribution >= 0.6 is 0 Å². The van der Waals surface area contributed by atoms with E-state index in [4.69, 9.17) is 0 Å². The van der Waals surface area contributed by atoms with Gasteiger partial charge in [0.05, 0.1) is 12.6 Å². The Kier molecular flexibility index (Phi) is 5.78. The quantitative estimate of drug-likeness (QED) is 0.728. The lowest BCUT2D eigenvalue weighted by Gasteiger charge is -2.42. The Morgan fingerprint density at radius 1 is 1.07 bits per heavy atom. The van der Waals surface area contributed by atoms with E-state index in [1.54, 1.807) is 0 Å². The van der Waals surface area contributed by atoms with Gasteiger partial charge in [0.25, 0.3) is 0 Å². The number of nitrogens with zero attached hydrogens (tertiary/aromatic N) is 2. The van der Waals surface area contributed by atoms with E-state index in [2.05, 4.69) is 27.4 Å². The molecule has 2 N–H and O–H groups in total. The first-order valence-electron chi connectivity index (χ1n) is 12.2. The molecule has 7 heteroatoms. The van der Waals surface area contributed by atoms with Crippen molar-refractivity contribution >= 4 is 11.8 Å². The van der Waals surface area contributed by atoms with E-state index in [9.17, 15) is 14.0 Å². The molecule has 0 radical (unpaired) electrons. The molecule has 168 valence electrons. The Hall–Kier alpha value is -1.21. The number of rotatable bonds is 4. The molecule has 0 aromatic carbocycles. The number of halogens is 1. The van der Waals surface area contributed by atoms with Crippen LogP contribution in [0, 0.1) is 11.8 Å². The first-order chi connectivity index (χ1) is 14.5. The van der Waals surface area contributed by atoms with Crippen LogP contribution in [-0.4, -0.2) is 77.6 Å². The Balaban J connectivity index is 1.13. The lowest BCUT2D eigenvalue weighted by molar-refractivity contribution is -0.138. The molecule has 3 saturated carbocycles. The molecule has 5 rings (SSSR count). The van der Waals surface area contributed by atoms with Crippen molar-refractivity contribution in [3.8, 4) is 0 Å². The van der Waals surface area contributed by atoms with Crippen molar-refractivity contribution in [1.29, 1.82) is 0 Å².